The standard InChI is InChI=1S/C12H15BN2O5/c1-2-11(16)14-8-7-12(17)15-9-5-3-4-6-10(9)20-13(18)19/h2-6,18-19H,1,7-8H2,(H,14,16)(H,15,17). The van der Waals surface area contributed by atoms with Gasteiger partial charge in [0.05, 0.1) is 5.69 Å². The predicted molar refractivity (Wildman–Crippen MR) is 73.7 cm³/mol. The van der Waals surface area contributed by atoms with E-state index < -0.39 is 7.32 Å². The maximum Gasteiger partial charge on any atom is 0.707 e. The molecule has 1 rings (SSSR count). The maximum atomic E-state index is 11.7. The third kappa shape index (κ3) is 5.55. The highest BCUT2D eigenvalue weighted by molar-refractivity contribution is 6.34. The molecule has 0 atom stereocenters. The summed E-state index contributed by atoms with van der Waals surface area (Å²) in [6.45, 7) is 3.46. The van der Waals surface area contributed by atoms with Crippen molar-refractivity contribution >= 4 is 24.8 Å². The van der Waals surface area contributed by atoms with Crippen molar-refractivity contribution in [3.63, 3.8) is 0 Å². The van der Waals surface area contributed by atoms with Gasteiger partial charge >= 0.3 is 7.32 Å². The number of rotatable bonds is 7. The molecular formula is C12H15BN2O5. The molecule has 0 bridgehead atoms. The molecule has 4 N–H and O–H groups in total. The average molecular weight is 278 g/mol. The lowest BCUT2D eigenvalue weighted by Gasteiger charge is -2.12. The van der Waals surface area contributed by atoms with Gasteiger partial charge in [-0.25, -0.2) is 0 Å². The SMILES string of the molecule is C=CC(=O)NCCC(=O)Nc1ccccc1OB(O)O. The van der Waals surface area contributed by atoms with Gasteiger partial charge in [0, 0.05) is 13.0 Å². The quantitative estimate of drug-likeness (QED) is 0.403. The number of anilines is 1. The van der Waals surface area contributed by atoms with Crippen molar-refractivity contribution < 1.29 is 24.3 Å². The van der Waals surface area contributed by atoms with Crippen LogP contribution in [0.2, 0.25) is 0 Å². The summed E-state index contributed by atoms with van der Waals surface area (Å²) in [5.74, 6) is -0.575. The topological polar surface area (TPSA) is 108 Å². The second-order valence-corrected chi connectivity index (χ2v) is 3.73. The van der Waals surface area contributed by atoms with E-state index in [1.54, 1.807) is 18.2 Å². The molecule has 0 fully saturated rings. The summed E-state index contributed by atoms with van der Waals surface area (Å²) in [7, 11) is -1.97. The Labute approximate surface area is 116 Å². The van der Waals surface area contributed by atoms with Crippen LogP contribution < -0.4 is 15.3 Å². The first-order valence-electron chi connectivity index (χ1n) is 5.85. The van der Waals surface area contributed by atoms with Gasteiger partial charge in [0.2, 0.25) is 11.8 Å². The minimum atomic E-state index is -1.97. The predicted octanol–water partition coefficient (Wildman–Crippen LogP) is -0.334. The molecule has 0 spiro atoms. The van der Waals surface area contributed by atoms with E-state index >= 15 is 0 Å². The van der Waals surface area contributed by atoms with Gasteiger partial charge in [-0.2, -0.15) is 0 Å². The number of benzene rings is 1. The number of nitrogens with one attached hydrogen (secondary N) is 2. The monoisotopic (exact) mass is 278 g/mol. The van der Waals surface area contributed by atoms with E-state index in [-0.39, 0.29) is 30.5 Å². The molecule has 0 saturated heterocycles. The number of carbonyl (C=O) groups is 2. The highest BCUT2D eigenvalue weighted by Gasteiger charge is 2.15. The Kier molecular flexibility index (Phi) is 6.28. The molecule has 0 heterocycles. The third-order valence-corrected chi connectivity index (χ3v) is 2.23. The Morgan fingerprint density at radius 2 is 2.05 bits per heavy atom. The fraction of sp³-hybridized carbons (Fsp3) is 0.167. The molecule has 0 saturated carbocycles. The van der Waals surface area contributed by atoms with E-state index in [4.69, 9.17) is 14.7 Å². The van der Waals surface area contributed by atoms with Crippen LogP contribution in [0.25, 0.3) is 0 Å². The highest BCUT2D eigenvalue weighted by atomic mass is 16.6. The lowest BCUT2D eigenvalue weighted by atomic mass is 10.2. The molecule has 0 aliphatic heterocycles. The first kappa shape index (κ1) is 15.7. The Hall–Kier alpha value is -2.32. The molecule has 0 aliphatic carbocycles. The zero-order chi connectivity index (χ0) is 15.0. The Bertz CT molecular complexity index is 492. The van der Waals surface area contributed by atoms with Gasteiger partial charge in [0.1, 0.15) is 5.75 Å². The number of hydrogen-bond acceptors (Lipinski definition) is 5. The minimum absolute atomic E-state index is 0.0651. The van der Waals surface area contributed by atoms with E-state index in [9.17, 15) is 9.59 Å². The van der Waals surface area contributed by atoms with Gasteiger partial charge in [-0.1, -0.05) is 18.7 Å². The van der Waals surface area contributed by atoms with Crippen LogP contribution in [0.3, 0.4) is 0 Å². The Morgan fingerprint density at radius 1 is 1.35 bits per heavy atom. The van der Waals surface area contributed by atoms with Gasteiger partial charge in [-0.3, -0.25) is 9.59 Å². The number of amides is 2. The molecule has 0 aromatic heterocycles. The van der Waals surface area contributed by atoms with Crippen LogP contribution in [0, 0.1) is 0 Å². The molecule has 8 heteroatoms. The summed E-state index contributed by atoms with van der Waals surface area (Å²) < 4.78 is 4.72. The van der Waals surface area contributed by atoms with E-state index in [0.717, 1.165) is 6.08 Å². The van der Waals surface area contributed by atoms with Gasteiger partial charge in [0.25, 0.3) is 0 Å². The number of carbonyl (C=O) groups excluding carboxylic acids is 2. The van der Waals surface area contributed by atoms with E-state index in [1.165, 1.54) is 6.07 Å². The van der Waals surface area contributed by atoms with Crippen LogP contribution >= 0.6 is 0 Å². The van der Waals surface area contributed by atoms with Crippen LogP contribution in [0.15, 0.2) is 36.9 Å². The largest absolute Gasteiger partial charge is 0.707 e. The van der Waals surface area contributed by atoms with Gasteiger partial charge in [-0.15, -0.1) is 0 Å². The fourth-order valence-electron chi connectivity index (χ4n) is 1.37. The summed E-state index contributed by atoms with van der Waals surface area (Å²) in [6, 6.07) is 6.32. The lowest BCUT2D eigenvalue weighted by Crippen LogP contribution is -2.26. The van der Waals surface area contributed by atoms with Crippen LogP contribution in [0.4, 0.5) is 5.69 Å². The zero-order valence-electron chi connectivity index (χ0n) is 10.7. The van der Waals surface area contributed by atoms with E-state index in [0.29, 0.717) is 5.69 Å². The second kappa shape index (κ2) is 7.98. The second-order valence-electron chi connectivity index (χ2n) is 3.73. The van der Waals surface area contributed by atoms with Crippen molar-refractivity contribution in [1.29, 1.82) is 0 Å². The molecule has 0 aliphatic rings. The first-order chi connectivity index (χ1) is 9.52. The van der Waals surface area contributed by atoms with Crippen molar-refractivity contribution in [2.24, 2.45) is 0 Å². The van der Waals surface area contributed by atoms with Crippen molar-refractivity contribution in [1.82, 2.24) is 5.32 Å². The zero-order valence-corrected chi connectivity index (χ0v) is 10.7. The smallest absolute Gasteiger partial charge is 0.510 e. The van der Waals surface area contributed by atoms with E-state index in [2.05, 4.69) is 17.2 Å². The summed E-state index contributed by atoms with van der Waals surface area (Å²) >= 11 is 0. The van der Waals surface area contributed by atoms with Crippen molar-refractivity contribution in [3.05, 3.63) is 36.9 Å². The summed E-state index contributed by atoms with van der Waals surface area (Å²) in [6.07, 6.45) is 1.18. The maximum absolute atomic E-state index is 11.7. The normalized spacial score (nSPS) is 9.50. The van der Waals surface area contributed by atoms with Crippen molar-refractivity contribution in [2.45, 2.75) is 6.42 Å². The Balaban J connectivity index is 2.53. The molecule has 20 heavy (non-hydrogen) atoms. The van der Waals surface area contributed by atoms with Crippen LogP contribution in [0.1, 0.15) is 6.42 Å². The highest BCUT2D eigenvalue weighted by Crippen LogP contribution is 2.23. The minimum Gasteiger partial charge on any atom is -0.510 e. The third-order valence-electron chi connectivity index (χ3n) is 2.23. The molecule has 2 amide bonds. The summed E-state index contributed by atoms with van der Waals surface area (Å²) in [5.41, 5.74) is 0.306. The fourth-order valence-corrected chi connectivity index (χ4v) is 1.37. The van der Waals surface area contributed by atoms with Crippen LogP contribution in [-0.2, 0) is 9.59 Å². The molecule has 0 unspecified atom stereocenters. The lowest BCUT2D eigenvalue weighted by molar-refractivity contribution is -0.117. The van der Waals surface area contributed by atoms with Crippen molar-refractivity contribution in [3.8, 4) is 5.75 Å². The summed E-state index contributed by atoms with van der Waals surface area (Å²) in [4.78, 5) is 22.5. The average Bonchev–Trinajstić information content (AvgIpc) is 2.40. The van der Waals surface area contributed by atoms with Gasteiger partial charge < -0.3 is 25.3 Å². The molecule has 106 valence electrons. The van der Waals surface area contributed by atoms with Crippen molar-refractivity contribution in [2.75, 3.05) is 11.9 Å². The van der Waals surface area contributed by atoms with E-state index in [1.807, 2.05) is 0 Å². The number of hydrogen-bond donors (Lipinski definition) is 4. The molecular weight excluding hydrogens is 263 g/mol. The van der Waals surface area contributed by atoms with Crippen LogP contribution in [0.5, 0.6) is 5.75 Å². The first-order valence-corrected chi connectivity index (χ1v) is 5.85. The van der Waals surface area contributed by atoms with Crippen LogP contribution in [-0.4, -0.2) is 35.7 Å². The van der Waals surface area contributed by atoms with Gasteiger partial charge in [0.15, 0.2) is 0 Å². The Morgan fingerprint density at radius 3 is 2.70 bits per heavy atom. The number of para-hydroxylation sites is 2. The molecule has 7 nitrogen and oxygen atoms in total. The molecule has 1 aromatic rings. The molecule has 0 radical (unpaired) electrons. The summed E-state index contributed by atoms with van der Waals surface area (Å²) in [5, 5.41) is 22.5. The van der Waals surface area contributed by atoms with Gasteiger partial charge in [-0.05, 0) is 18.2 Å². The molecule has 1 aromatic carbocycles.